The highest BCUT2D eigenvalue weighted by Gasteiger charge is 2.47. The number of hydrogen-bond acceptors (Lipinski definition) is 2. The van der Waals surface area contributed by atoms with Crippen LogP contribution < -0.4 is 10.1 Å². The Morgan fingerprint density at radius 3 is 2.65 bits per heavy atom. The molecule has 0 aromatic heterocycles. The average molecular weight is 233 g/mol. The summed E-state index contributed by atoms with van der Waals surface area (Å²) in [7, 11) is 1.76. The highest BCUT2D eigenvalue weighted by Crippen LogP contribution is 2.52. The van der Waals surface area contributed by atoms with Gasteiger partial charge < -0.3 is 10.1 Å². The van der Waals surface area contributed by atoms with E-state index in [4.69, 9.17) is 4.74 Å². The van der Waals surface area contributed by atoms with Crippen molar-refractivity contribution in [1.29, 1.82) is 0 Å². The maximum absolute atomic E-state index is 5.44. The zero-order chi connectivity index (χ0) is 12.3. The summed E-state index contributed by atoms with van der Waals surface area (Å²) in [5.41, 5.74) is 1.81. The fourth-order valence-electron chi connectivity index (χ4n) is 2.67. The molecule has 0 bridgehead atoms. The first-order valence-electron chi connectivity index (χ1n) is 6.57. The number of rotatable bonds is 6. The van der Waals surface area contributed by atoms with Crippen LogP contribution in [-0.4, -0.2) is 19.7 Å². The van der Waals surface area contributed by atoms with Gasteiger partial charge in [0, 0.05) is 6.04 Å². The third-order valence-electron chi connectivity index (χ3n) is 4.06. The van der Waals surface area contributed by atoms with Gasteiger partial charge in [0.25, 0.3) is 0 Å². The van der Waals surface area contributed by atoms with Gasteiger partial charge in [-0.05, 0) is 49.8 Å². The van der Waals surface area contributed by atoms with Crippen molar-refractivity contribution < 1.29 is 4.74 Å². The predicted molar refractivity (Wildman–Crippen MR) is 71.5 cm³/mol. The van der Waals surface area contributed by atoms with Crippen molar-refractivity contribution in [3.63, 3.8) is 0 Å². The summed E-state index contributed by atoms with van der Waals surface area (Å²) >= 11 is 0. The van der Waals surface area contributed by atoms with Gasteiger partial charge in [0.15, 0.2) is 0 Å². The van der Waals surface area contributed by atoms with Crippen LogP contribution in [0.1, 0.15) is 32.3 Å². The molecule has 0 heterocycles. The molecule has 2 heteroatoms. The Morgan fingerprint density at radius 1 is 1.35 bits per heavy atom. The van der Waals surface area contributed by atoms with E-state index in [2.05, 4.69) is 37.4 Å². The number of hydrogen-bond donors (Lipinski definition) is 1. The van der Waals surface area contributed by atoms with E-state index in [9.17, 15) is 0 Å². The molecule has 17 heavy (non-hydrogen) atoms. The minimum atomic E-state index is 0.463. The normalized spacial score (nSPS) is 18.8. The molecule has 1 fully saturated rings. The van der Waals surface area contributed by atoms with Crippen LogP contribution >= 0.6 is 0 Å². The van der Waals surface area contributed by atoms with E-state index in [1.54, 1.807) is 7.11 Å². The van der Waals surface area contributed by atoms with Crippen LogP contribution in [0.25, 0.3) is 0 Å². The van der Waals surface area contributed by atoms with Crippen LogP contribution in [0.2, 0.25) is 0 Å². The Hall–Kier alpha value is -1.02. The molecule has 1 aliphatic rings. The monoisotopic (exact) mass is 233 g/mol. The predicted octanol–water partition coefficient (Wildman–Crippen LogP) is 3.02. The molecule has 1 unspecified atom stereocenters. The highest BCUT2D eigenvalue weighted by atomic mass is 16.5. The highest BCUT2D eigenvalue weighted by molar-refractivity contribution is 5.35. The molecular weight excluding hydrogens is 210 g/mol. The second kappa shape index (κ2) is 5.09. The van der Waals surface area contributed by atoms with E-state index >= 15 is 0 Å². The van der Waals surface area contributed by atoms with Crippen LogP contribution in [0.3, 0.4) is 0 Å². The van der Waals surface area contributed by atoms with E-state index in [1.165, 1.54) is 18.4 Å². The standard InChI is InChI=1S/C15H23NO/c1-4-16-12(2)15(9-10-15)11-13-7-5-6-8-14(13)17-3/h5-8,12,16H,4,9-11H2,1-3H3. The molecule has 94 valence electrons. The zero-order valence-electron chi connectivity index (χ0n) is 11.1. The van der Waals surface area contributed by atoms with Crippen molar-refractivity contribution in [2.75, 3.05) is 13.7 Å². The summed E-state index contributed by atoms with van der Waals surface area (Å²) in [5, 5.41) is 3.57. The van der Waals surface area contributed by atoms with E-state index in [1.807, 2.05) is 6.07 Å². The van der Waals surface area contributed by atoms with Crippen molar-refractivity contribution in [2.45, 2.75) is 39.2 Å². The van der Waals surface area contributed by atoms with Crippen molar-refractivity contribution in [3.8, 4) is 5.75 Å². The molecular formula is C15H23NO. The van der Waals surface area contributed by atoms with Gasteiger partial charge in [-0.15, -0.1) is 0 Å². The van der Waals surface area contributed by atoms with Gasteiger partial charge in [-0.2, -0.15) is 0 Å². The Kier molecular flexibility index (Phi) is 3.72. The molecule has 0 saturated heterocycles. The lowest BCUT2D eigenvalue weighted by atomic mass is 9.89. The zero-order valence-corrected chi connectivity index (χ0v) is 11.1. The van der Waals surface area contributed by atoms with Gasteiger partial charge in [-0.1, -0.05) is 25.1 Å². The van der Waals surface area contributed by atoms with Crippen molar-refractivity contribution in [1.82, 2.24) is 5.32 Å². The van der Waals surface area contributed by atoms with Crippen molar-refractivity contribution in [3.05, 3.63) is 29.8 Å². The quantitative estimate of drug-likeness (QED) is 0.815. The van der Waals surface area contributed by atoms with Crippen molar-refractivity contribution in [2.24, 2.45) is 5.41 Å². The fourth-order valence-corrected chi connectivity index (χ4v) is 2.67. The second-order valence-corrected chi connectivity index (χ2v) is 5.13. The minimum Gasteiger partial charge on any atom is -0.496 e. The van der Waals surface area contributed by atoms with Gasteiger partial charge in [0.1, 0.15) is 5.75 Å². The molecule has 0 radical (unpaired) electrons. The second-order valence-electron chi connectivity index (χ2n) is 5.13. The largest absolute Gasteiger partial charge is 0.496 e. The molecule has 1 N–H and O–H groups in total. The Labute approximate surface area is 104 Å². The minimum absolute atomic E-state index is 0.463. The summed E-state index contributed by atoms with van der Waals surface area (Å²) in [6, 6.07) is 8.99. The lowest BCUT2D eigenvalue weighted by Gasteiger charge is -2.25. The van der Waals surface area contributed by atoms with Gasteiger partial charge in [-0.25, -0.2) is 0 Å². The Bertz CT molecular complexity index is 371. The van der Waals surface area contributed by atoms with E-state index in [0.717, 1.165) is 18.7 Å². The maximum atomic E-state index is 5.44. The molecule has 0 aliphatic heterocycles. The van der Waals surface area contributed by atoms with Crippen LogP contribution in [0.5, 0.6) is 5.75 Å². The molecule has 1 aromatic rings. The fraction of sp³-hybridized carbons (Fsp3) is 0.600. The number of nitrogens with one attached hydrogen (secondary N) is 1. The van der Waals surface area contributed by atoms with E-state index in [-0.39, 0.29) is 0 Å². The van der Waals surface area contributed by atoms with Crippen LogP contribution in [0.15, 0.2) is 24.3 Å². The summed E-state index contributed by atoms with van der Waals surface area (Å²) < 4.78 is 5.44. The molecule has 1 atom stereocenters. The summed E-state index contributed by atoms with van der Waals surface area (Å²) in [4.78, 5) is 0. The number of methoxy groups -OCH3 is 1. The van der Waals surface area contributed by atoms with Gasteiger partial charge >= 0.3 is 0 Å². The summed E-state index contributed by atoms with van der Waals surface area (Å²) in [5.74, 6) is 1.03. The van der Waals surface area contributed by atoms with E-state index < -0.39 is 0 Å². The first-order valence-corrected chi connectivity index (χ1v) is 6.57. The number of ether oxygens (including phenoxy) is 1. The van der Waals surface area contributed by atoms with Gasteiger partial charge in [0.05, 0.1) is 7.11 Å². The topological polar surface area (TPSA) is 21.3 Å². The summed E-state index contributed by atoms with van der Waals surface area (Å²) in [6.07, 6.45) is 3.80. The molecule has 1 aromatic carbocycles. The molecule has 2 rings (SSSR count). The lowest BCUT2D eigenvalue weighted by molar-refractivity contribution is 0.346. The maximum Gasteiger partial charge on any atom is 0.122 e. The smallest absolute Gasteiger partial charge is 0.122 e. The third kappa shape index (κ3) is 2.63. The molecule has 0 spiro atoms. The first-order chi connectivity index (χ1) is 8.22. The lowest BCUT2D eigenvalue weighted by Crippen LogP contribution is -2.36. The Balaban J connectivity index is 2.10. The molecule has 1 saturated carbocycles. The van der Waals surface area contributed by atoms with Crippen LogP contribution in [0, 0.1) is 5.41 Å². The molecule has 0 amide bonds. The van der Waals surface area contributed by atoms with E-state index in [0.29, 0.717) is 11.5 Å². The molecule has 1 aliphatic carbocycles. The Morgan fingerprint density at radius 2 is 2.06 bits per heavy atom. The van der Waals surface area contributed by atoms with Gasteiger partial charge in [0.2, 0.25) is 0 Å². The number of para-hydroxylation sites is 1. The average Bonchev–Trinajstić information content (AvgIpc) is 3.11. The van der Waals surface area contributed by atoms with Crippen molar-refractivity contribution >= 4 is 0 Å². The summed E-state index contributed by atoms with van der Waals surface area (Å²) in [6.45, 7) is 5.54. The SMILES string of the molecule is CCNC(C)C1(Cc2ccccc2OC)CC1. The third-order valence-corrected chi connectivity index (χ3v) is 4.06. The number of benzene rings is 1. The van der Waals surface area contributed by atoms with Crippen LogP contribution in [0.4, 0.5) is 0 Å². The molecule has 2 nitrogen and oxygen atoms in total. The first kappa shape index (κ1) is 12.4. The van der Waals surface area contributed by atoms with Gasteiger partial charge in [-0.3, -0.25) is 0 Å². The van der Waals surface area contributed by atoms with Crippen LogP contribution in [-0.2, 0) is 6.42 Å².